The highest BCUT2D eigenvalue weighted by molar-refractivity contribution is 9.10. The predicted molar refractivity (Wildman–Crippen MR) is 109 cm³/mol. The molecule has 144 valence electrons. The van der Waals surface area contributed by atoms with Gasteiger partial charge in [-0.2, -0.15) is 10.2 Å². The van der Waals surface area contributed by atoms with Gasteiger partial charge in [0.1, 0.15) is 4.90 Å². The lowest BCUT2D eigenvalue weighted by molar-refractivity contribution is 0.599. The molecule has 0 aliphatic heterocycles. The summed E-state index contributed by atoms with van der Waals surface area (Å²) in [7, 11) is -2.13. The first-order valence-electron chi connectivity index (χ1n) is 7.78. The smallest absolute Gasteiger partial charge is 0.266 e. The molecule has 7 nitrogen and oxygen atoms in total. The third kappa shape index (κ3) is 4.16. The molecule has 11 heteroatoms. The Kier molecular flexibility index (Phi) is 5.58. The Balaban J connectivity index is 1.87. The van der Waals surface area contributed by atoms with Crippen molar-refractivity contribution in [2.45, 2.75) is 25.3 Å². The summed E-state index contributed by atoms with van der Waals surface area (Å²) >= 11 is 15.3. The number of hydrogen-bond acceptors (Lipinski definition) is 4. The van der Waals surface area contributed by atoms with Crippen LogP contribution in [0.5, 0.6) is 0 Å². The van der Waals surface area contributed by atoms with E-state index in [-0.39, 0.29) is 10.7 Å². The minimum Gasteiger partial charge on any atom is -0.271 e. The van der Waals surface area contributed by atoms with Gasteiger partial charge in [-0.15, -0.1) is 0 Å². The number of hydrogen-bond donors (Lipinski definition) is 1. The molecule has 0 radical (unpaired) electrons. The summed E-state index contributed by atoms with van der Waals surface area (Å²) in [6.07, 6.45) is 1.68. The molecule has 0 unspecified atom stereocenters. The normalized spacial score (nSPS) is 11.8. The number of rotatable bonds is 5. The molecule has 1 aromatic carbocycles. The molecule has 3 aromatic rings. The third-order valence-corrected chi connectivity index (χ3v) is 6.90. The molecule has 3 rings (SSSR count). The van der Waals surface area contributed by atoms with Crippen LogP contribution in [0, 0.1) is 13.8 Å². The van der Waals surface area contributed by atoms with Crippen LogP contribution in [0.3, 0.4) is 0 Å². The van der Waals surface area contributed by atoms with Gasteiger partial charge in [-0.05, 0) is 47.5 Å². The first-order valence-corrected chi connectivity index (χ1v) is 10.8. The number of nitrogens with zero attached hydrogens (tertiary/aromatic N) is 4. The van der Waals surface area contributed by atoms with E-state index in [1.807, 2.05) is 6.07 Å². The molecule has 2 aromatic heterocycles. The standard InChI is InChI=1S/C16H16BrCl2N5O2S/c1-9-15(10(2)23(3)20-9)27(25,26)22-16-12(17)8-24(21-16)7-11-4-5-13(18)14(19)6-11/h4-6,8H,7H2,1-3H3,(H,21,22). The van der Waals surface area contributed by atoms with E-state index in [1.54, 1.807) is 43.9 Å². The molecule has 2 heterocycles. The van der Waals surface area contributed by atoms with E-state index in [2.05, 4.69) is 30.8 Å². The molecule has 0 saturated carbocycles. The van der Waals surface area contributed by atoms with Gasteiger partial charge >= 0.3 is 0 Å². The van der Waals surface area contributed by atoms with E-state index in [9.17, 15) is 8.42 Å². The zero-order valence-corrected chi connectivity index (χ0v) is 18.6. The minimum atomic E-state index is -3.83. The molecule has 0 amide bonds. The summed E-state index contributed by atoms with van der Waals surface area (Å²) in [5.74, 6) is 0.192. The van der Waals surface area contributed by atoms with Crippen LogP contribution in [0.15, 0.2) is 33.8 Å². The fourth-order valence-electron chi connectivity index (χ4n) is 2.69. The van der Waals surface area contributed by atoms with Crippen LogP contribution in [0.4, 0.5) is 5.82 Å². The van der Waals surface area contributed by atoms with Gasteiger partial charge in [-0.1, -0.05) is 29.3 Å². The zero-order chi connectivity index (χ0) is 19.9. The van der Waals surface area contributed by atoms with Gasteiger partial charge in [0.05, 0.1) is 32.5 Å². The Bertz CT molecular complexity index is 1120. The topological polar surface area (TPSA) is 81.8 Å². The average Bonchev–Trinajstić information content (AvgIpc) is 3.02. The van der Waals surface area contributed by atoms with Crippen molar-refractivity contribution in [1.29, 1.82) is 0 Å². The largest absolute Gasteiger partial charge is 0.271 e. The van der Waals surface area contributed by atoms with Crippen LogP contribution < -0.4 is 4.72 Å². The van der Waals surface area contributed by atoms with Crippen molar-refractivity contribution in [3.8, 4) is 0 Å². The molecule has 0 aliphatic carbocycles. The SMILES string of the molecule is Cc1nn(C)c(C)c1S(=O)(=O)Nc1nn(Cc2ccc(Cl)c(Cl)c2)cc1Br. The lowest BCUT2D eigenvalue weighted by Gasteiger charge is -2.07. The van der Waals surface area contributed by atoms with Gasteiger partial charge in [0.25, 0.3) is 10.0 Å². The van der Waals surface area contributed by atoms with Crippen molar-refractivity contribution in [2.24, 2.45) is 7.05 Å². The Morgan fingerprint density at radius 3 is 2.48 bits per heavy atom. The summed E-state index contributed by atoms with van der Waals surface area (Å²) in [4.78, 5) is 0.149. The number of nitrogens with one attached hydrogen (secondary N) is 1. The predicted octanol–water partition coefficient (Wildman–Crippen LogP) is 4.15. The molecule has 0 bridgehead atoms. The zero-order valence-electron chi connectivity index (χ0n) is 14.7. The summed E-state index contributed by atoms with van der Waals surface area (Å²) in [6, 6.07) is 5.27. The van der Waals surface area contributed by atoms with Gasteiger partial charge < -0.3 is 0 Å². The summed E-state index contributed by atoms with van der Waals surface area (Å²) in [6.45, 7) is 3.76. The highest BCUT2D eigenvalue weighted by atomic mass is 79.9. The lowest BCUT2D eigenvalue weighted by Crippen LogP contribution is -2.16. The number of benzene rings is 1. The molecule has 0 atom stereocenters. The second-order valence-corrected chi connectivity index (χ2v) is 9.29. The lowest BCUT2D eigenvalue weighted by atomic mass is 10.2. The summed E-state index contributed by atoms with van der Waals surface area (Å²) in [5.41, 5.74) is 1.85. The molecule has 1 N–H and O–H groups in total. The van der Waals surface area contributed by atoms with E-state index >= 15 is 0 Å². The van der Waals surface area contributed by atoms with Crippen molar-refractivity contribution in [1.82, 2.24) is 19.6 Å². The quantitative estimate of drug-likeness (QED) is 0.579. The molecule has 0 spiro atoms. The molecule has 27 heavy (non-hydrogen) atoms. The molecule has 0 fully saturated rings. The maximum atomic E-state index is 12.8. The highest BCUT2D eigenvalue weighted by Gasteiger charge is 2.25. The minimum absolute atomic E-state index is 0.149. The fraction of sp³-hybridized carbons (Fsp3) is 0.250. The van der Waals surface area contributed by atoms with Crippen LogP contribution in [-0.4, -0.2) is 28.0 Å². The van der Waals surface area contributed by atoms with Crippen molar-refractivity contribution in [2.75, 3.05) is 4.72 Å². The number of anilines is 1. The van der Waals surface area contributed by atoms with Crippen LogP contribution in [0.1, 0.15) is 17.0 Å². The van der Waals surface area contributed by atoms with Crippen LogP contribution in [-0.2, 0) is 23.6 Å². The number of aromatic nitrogens is 4. The van der Waals surface area contributed by atoms with E-state index in [0.29, 0.717) is 32.5 Å². The van der Waals surface area contributed by atoms with Crippen molar-refractivity contribution in [3.05, 3.63) is 55.9 Å². The Labute approximate surface area is 175 Å². The number of halogens is 3. The third-order valence-electron chi connectivity index (χ3n) is 3.99. The van der Waals surface area contributed by atoms with Gasteiger partial charge in [-0.25, -0.2) is 8.42 Å². The fourth-order valence-corrected chi connectivity index (χ4v) is 5.02. The first kappa shape index (κ1) is 20.2. The summed E-state index contributed by atoms with van der Waals surface area (Å²) in [5, 5.41) is 9.38. The average molecular weight is 493 g/mol. The number of sulfonamides is 1. The van der Waals surface area contributed by atoms with Gasteiger partial charge in [0, 0.05) is 13.2 Å². The van der Waals surface area contributed by atoms with E-state index in [4.69, 9.17) is 23.2 Å². The Morgan fingerprint density at radius 2 is 1.89 bits per heavy atom. The monoisotopic (exact) mass is 491 g/mol. The maximum Gasteiger partial charge on any atom is 0.266 e. The van der Waals surface area contributed by atoms with E-state index in [1.165, 1.54) is 4.68 Å². The second kappa shape index (κ2) is 7.46. The van der Waals surface area contributed by atoms with Gasteiger partial charge in [0.2, 0.25) is 0 Å². The van der Waals surface area contributed by atoms with Gasteiger partial charge in [-0.3, -0.25) is 14.1 Å². The maximum absolute atomic E-state index is 12.8. The van der Waals surface area contributed by atoms with Crippen molar-refractivity contribution < 1.29 is 8.42 Å². The summed E-state index contributed by atoms with van der Waals surface area (Å²) < 4.78 is 31.8. The molecular formula is C16H16BrCl2N5O2S. The Morgan fingerprint density at radius 1 is 1.19 bits per heavy atom. The van der Waals surface area contributed by atoms with Crippen molar-refractivity contribution >= 4 is 55.0 Å². The van der Waals surface area contributed by atoms with Gasteiger partial charge in [0.15, 0.2) is 5.82 Å². The van der Waals surface area contributed by atoms with Crippen LogP contribution >= 0.6 is 39.1 Å². The first-order chi connectivity index (χ1) is 12.6. The van der Waals surface area contributed by atoms with E-state index < -0.39 is 10.0 Å². The molecular weight excluding hydrogens is 477 g/mol. The molecule has 0 aliphatic rings. The van der Waals surface area contributed by atoms with E-state index in [0.717, 1.165) is 5.56 Å². The molecule has 0 saturated heterocycles. The second-order valence-electron chi connectivity index (χ2n) is 6.00. The van der Waals surface area contributed by atoms with Crippen LogP contribution in [0.2, 0.25) is 10.0 Å². The highest BCUT2D eigenvalue weighted by Crippen LogP contribution is 2.27. The number of aryl methyl sites for hydroxylation is 2. The van der Waals surface area contributed by atoms with Crippen LogP contribution in [0.25, 0.3) is 0 Å². The van der Waals surface area contributed by atoms with Crippen molar-refractivity contribution in [3.63, 3.8) is 0 Å². The Hall–Kier alpha value is -1.55.